The van der Waals surface area contributed by atoms with E-state index in [9.17, 15) is 14.7 Å². The van der Waals surface area contributed by atoms with Crippen LogP contribution in [0.15, 0.2) is 42.5 Å². The van der Waals surface area contributed by atoms with Crippen molar-refractivity contribution in [3.8, 4) is 0 Å². The molecule has 3 aromatic rings. The van der Waals surface area contributed by atoms with Gasteiger partial charge in [0, 0.05) is 24.1 Å². The minimum Gasteiger partial charge on any atom is -0.478 e. The van der Waals surface area contributed by atoms with Crippen molar-refractivity contribution in [1.82, 2.24) is 4.57 Å². The summed E-state index contributed by atoms with van der Waals surface area (Å²) >= 11 is 0. The van der Waals surface area contributed by atoms with Crippen molar-refractivity contribution in [2.24, 2.45) is 5.73 Å². The maximum Gasteiger partial charge on any atom is 0.337 e. The molecule has 0 fully saturated rings. The summed E-state index contributed by atoms with van der Waals surface area (Å²) in [6.45, 7) is 3.19. The van der Waals surface area contributed by atoms with Crippen molar-refractivity contribution < 1.29 is 19.4 Å². The molecular weight excluding hydrogens is 380 g/mol. The molecule has 0 saturated heterocycles. The number of hydrogen-bond donors (Lipinski definition) is 2. The number of aromatic carboxylic acids is 1. The molecule has 1 heterocycles. The van der Waals surface area contributed by atoms with E-state index in [0.717, 1.165) is 42.3 Å². The van der Waals surface area contributed by atoms with Crippen LogP contribution >= 0.6 is 0 Å². The van der Waals surface area contributed by atoms with Crippen LogP contribution in [0.5, 0.6) is 0 Å². The van der Waals surface area contributed by atoms with Crippen LogP contribution < -0.4 is 5.73 Å². The summed E-state index contributed by atoms with van der Waals surface area (Å²) in [5, 5.41) is 10.8. The third-order valence-corrected chi connectivity index (χ3v) is 5.73. The van der Waals surface area contributed by atoms with Crippen LogP contribution in [0.2, 0.25) is 0 Å². The lowest BCUT2D eigenvalue weighted by atomic mass is 9.93. The van der Waals surface area contributed by atoms with E-state index in [-0.39, 0.29) is 11.7 Å². The molecule has 6 heteroatoms. The van der Waals surface area contributed by atoms with Gasteiger partial charge in [-0.25, -0.2) is 4.79 Å². The molecule has 6 nitrogen and oxygen atoms in total. The number of hydrogen-bond acceptors (Lipinski definition) is 3. The van der Waals surface area contributed by atoms with Crippen molar-refractivity contribution in [3.63, 3.8) is 0 Å². The molecule has 1 unspecified atom stereocenters. The summed E-state index contributed by atoms with van der Waals surface area (Å²) in [6, 6.07) is 12.6. The van der Waals surface area contributed by atoms with Crippen molar-refractivity contribution >= 4 is 22.8 Å². The SMILES string of the molecule is CCCOC1CCCc2c1n(Cc1cccc(C(N)=O)c1)c1c(C(=O)O)cccc21. The van der Waals surface area contributed by atoms with E-state index in [2.05, 4.69) is 11.5 Å². The van der Waals surface area contributed by atoms with E-state index in [1.54, 1.807) is 30.3 Å². The number of carboxylic acids is 1. The average Bonchev–Trinajstić information content (AvgIpc) is 3.06. The van der Waals surface area contributed by atoms with Gasteiger partial charge in [-0.05, 0) is 55.0 Å². The number of carbonyl (C=O) groups is 2. The molecular formula is C24H26N2O4. The fourth-order valence-corrected chi connectivity index (χ4v) is 4.50. The number of nitrogens with two attached hydrogens (primary N) is 1. The molecule has 156 valence electrons. The smallest absolute Gasteiger partial charge is 0.337 e. The molecule has 0 bridgehead atoms. The molecule has 1 aromatic heterocycles. The lowest BCUT2D eigenvalue weighted by Crippen LogP contribution is -2.18. The molecule has 1 atom stereocenters. The van der Waals surface area contributed by atoms with Crippen LogP contribution in [0.4, 0.5) is 0 Å². The molecule has 0 aliphatic heterocycles. The van der Waals surface area contributed by atoms with E-state index in [1.165, 1.54) is 5.56 Å². The van der Waals surface area contributed by atoms with Crippen LogP contribution in [-0.4, -0.2) is 28.2 Å². The molecule has 1 aliphatic carbocycles. The number of aromatic nitrogens is 1. The molecule has 1 amide bonds. The van der Waals surface area contributed by atoms with Crippen molar-refractivity contribution in [3.05, 3.63) is 70.4 Å². The molecule has 1 aliphatic rings. The van der Waals surface area contributed by atoms with Crippen LogP contribution in [-0.2, 0) is 17.7 Å². The Kier molecular flexibility index (Phi) is 5.59. The number of carbonyl (C=O) groups excluding carboxylic acids is 1. The van der Waals surface area contributed by atoms with E-state index < -0.39 is 11.9 Å². The van der Waals surface area contributed by atoms with Gasteiger partial charge < -0.3 is 20.1 Å². The van der Waals surface area contributed by atoms with Gasteiger partial charge in [-0.15, -0.1) is 0 Å². The van der Waals surface area contributed by atoms with Gasteiger partial charge >= 0.3 is 5.97 Å². The number of benzene rings is 2. The number of para-hydroxylation sites is 1. The number of nitrogens with zero attached hydrogens (tertiary/aromatic N) is 1. The highest BCUT2D eigenvalue weighted by Crippen LogP contribution is 2.40. The highest BCUT2D eigenvalue weighted by Gasteiger charge is 2.30. The minimum absolute atomic E-state index is 0.0675. The predicted octanol–water partition coefficient (Wildman–Crippen LogP) is 4.29. The maximum atomic E-state index is 12.0. The molecule has 4 rings (SSSR count). The van der Waals surface area contributed by atoms with E-state index in [0.29, 0.717) is 24.2 Å². The lowest BCUT2D eigenvalue weighted by Gasteiger charge is -2.26. The van der Waals surface area contributed by atoms with Crippen LogP contribution in [0.25, 0.3) is 10.9 Å². The number of rotatable bonds is 7. The number of amides is 1. The summed E-state index contributed by atoms with van der Waals surface area (Å²) in [5.74, 6) is -1.43. The summed E-state index contributed by atoms with van der Waals surface area (Å²) < 4.78 is 8.26. The first kappa shape index (κ1) is 20.2. The van der Waals surface area contributed by atoms with Gasteiger partial charge in [0.05, 0.1) is 22.9 Å². The van der Waals surface area contributed by atoms with Gasteiger partial charge in [-0.1, -0.05) is 31.2 Å². The number of primary amides is 1. The molecule has 2 aromatic carbocycles. The first-order chi connectivity index (χ1) is 14.5. The van der Waals surface area contributed by atoms with Gasteiger partial charge in [-0.2, -0.15) is 0 Å². The second kappa shape index (κ2) is 8.32. The molecule has 0 saturated carbocycles. The number of carboxylic acid groups (broad SMARTS) is 1. The molecule has 30 heavy (non-hydrogen) atoms. The van der Waals surface area contributed by atoms with E-state index in [4.69, 9.17) is 10.5 Å². The first-order valence-corrected chi connectivity index (χ1v) is 10.4. The Morgan fingerprint density at radius 1 is 1.23 bits per heavy atom. The van der Waals surface area contributed by atoms with Crippen LogP contribution in [0.1, 0.15) is 69.8 Å². The van der Waals surface area contributed by atoms with E-state index in [1.807, 2.05) is 12.1 Å². The Morgan fingerprint density at radius 3 is 2.77 bits per heavy atom. The summed E-state index contributed by atoms with van der Waals surface area (Å²) in [5.41, 5.74) is 10.0. The topological polar surface area (TPSA) is 94.5 Å². The third kappa shape index (κ3) is 3.59. The second-order valence-corrected chi connectivity index (χ2v) is 7.77. The summed E-state index contributed by atoms with van der Waals surface area (Å²) in [6.07, 6.45) is 3.67. The zero-order valence-electron chi connectivity index (χ0n) is 17.1. The van der Waals surface area contributed by atoms with Crippen molar-refractivity contribution in [1.29, 1.82) is 0 Å². The number of ether oxygens (including phenoxy) is 1. The Bertz CT molecular complexity index is 1120. The predicted molar refractivity (Wildman–Crippen MR) is 115 cm³/mol. The van der Waals surface area contributed by atoms with Gasteiger partial charge in [0.15, 0.2) is 0 Å². The fourth-order valence-electron chi connectivity index (χ4n) is 4.50. The van der Waals surface area contributed by atoms with E-state index >= 15 is 0 Å². The number of aryl methyl sites for hydroxylation is 1. The zero-order chi connectivity index (χ0) is 21.3. The summed E-state index contributed by atoms with van der Waals surface area (Å²) in [7, 11) is 0. The van der Waals surface area contributed by atoms with Gasteiger partial charge in [-0.3, -0.25) is 4.79 Å². The maximum absolute atomic E-state index is 12.0. The van der Waals surface area contributed by atoms with Crippen molar-refractivity contribution in [2.45, 2.75) is 45.3 Å². The summed E-state index contributed by atoms with van der Waals surface area (Å²) in [4.78, 5) is 23.7. The third-order valence-electron chi connectivity index (χ3n) is 5.73. The lowest BCUT2D eigenvalue weighted by molar-refractivity contribution is 0.0362. The second-order valence-electron chi connectivity index (χ2n) is 7.77. The normalized spacial score (nSPS) is 15.8. The molecule has 3 N–H and O–H groups in total. The van der Waals surface area contributed by atoms with Crippen LogP contribution in [0.3, 0.4) is 0 Å². The number of fused-ring (bicyclic) bond motifs is 3. The highest BCUT2D eigenvalue weighted by atomic mass is 16.5. The Morgan fingerprint density at radius 2 is 2.03 bits per heavy atom. The van der Waals surface area contributed by atoms with Gasteiger partial charge in [0.25, 0.3) is 0 Å². The van der Waals surface area contributed by atoms with Crippen molar-refractivity contribution in [2.75, 3.05) is 6.61 Å². The Balaban J connectivity index is 1.93. The highest BCUT2D eigenvalue weighted by molar-refractivity contribution is 6.04. The van der Waals surface area contributed by atoms with Gasteiger partial charge in [0.2, 0.25) is 5.91 Å². The fraction of sp³-hybridized carbons (Fsp3) is 0.333. The zero-order valence-corrected chi connectivity index (χ0v) is 17.1. The minimum atomic E-state index is -0.950. The molecule has 0 spiro atoms. The molecule has 0 radical (unpaired) electrons. The van der Waals surface area contributed by atoms with Gasteiger partial charge in [0.1, 0.15) is 0 Å². The average molecular weight is 406 g/mol. The quantitative estimate of drug-likeness (QED) is 0.612. The monoisotopic (exact) mass is 406 g/mol. The standard InChI is InChI=1S/C24H26N2O4/c1-2-12-30-20-11-5-9-18-17-8-4-10-19(24(28)29)21(17)26(22(18)20)14-15-6-3-7-16(13-15)23(25)27/h3-4,6-8,10,13,20H,2,5,9,11-12,14H2,1H3,(H2,25,27)(H,28,29). The largest absolute Gasteiger partial charge is 0.478 e. The Hall–Kier alpha value is -3.12. The Labute approximate surface area is 175 Å². The van der Waals surface area contributed by atoms with Crippen LogP contribution in [0, 0.1) is 0 Å². The first-order valence-electron chi connectivity index (χ1n) is 10.4.